The van der Waals surface area contributed by atoms with Gasteiger partial charge in [-0.15, -0.1) is 0 Å². The Balaban J connectivity index is 3.08. The molecule has 0 saturated carbocycles. The molecule has 0 radical (unpaired) electrons. The smallest absolute Gasteiger partial charge is 0.0787 e. The lowest BCUT2D eigenvalue weighted by atomic mass is 10.1. The van der Waals surface area contributed by atoms with E-state index < -0.39 is 0 Å². The second kappa shape index (κ2) is 6.39. The molecular formula is C14H25NS. The molecule has 0 amide bonds. The number of thioether (sulfide) groups is 1. The van der Waals surface area contributed by atoms with Gasteiger partial charge < -0.3 is 4.90 Å². The summed E-state index contributed by atoms with van der Waals surface area (Å²) >= 11 is 2.02. The van der Waals surface area contributed by atoms with Crippen molar-refractivity contribution in [2.24, 2.45) is 0 Å². The zero-order valence-electron chi connectivity index (χ0n) is 11.4. The standard InChI is InChI=1S/C14H25NS/c1-6-11(7-2)14-15(10-5)12(8-3)13(9-4)16-14/h6-10H2,1-5H3. The van der Waals surface area contributed by atoms with E-state index in [1.54, 1.807) is 16.2 Å². The number of rotatable bonds is 5. The van der Waals surface area contributed by atoms with Crippen LogP contribution in [0.15, 0.2) is 21.2 Å². The van der Waals surface area contributed by atoms with Gasteiger partial charge in [-0.1, -0.05) is 39.5 Å². The van der Waals surface area contributed by atoms with Crippen molar-refractivity contribution in [1.29, 1.82) is 0 Å². The van der Waals surface area contributed by atoms with Crippen LogP contribution in [0, 0.1) is 0 Å². The van der Waals surface area contributed by atoms with Crippen molar-refractivity contribution in [3.05, 3.63) is 21.2 Å². The van der Waals surface area contributed by atoms with E-state index in [0.29, 0.717) is 0 Å². The first-order chi connectivity index (χ1) is 7.73. The predicted octanol–water partition coefficient (Wildman–Crippen LogP) is 5.12. The van der Waals surface area contributed by atoms with Gasteiger partial charge in [0.05, 0.1) is 5.03 Å². The molecule has 0 aromatic carbocycles. The van der Waals surface area contributed by atoms with Crippen LogP contribution in [0.2, 0.25) is 0 Å². The molecule has 0 aromatic heterocycles. The highest BCUT2D eigenvalue weighted by Gasteiger charge is 2.26. The molecule has 0 N–H and O–H groups in total. The molecule has 92 valence electrons. The molecule has 1 rings (SSSR count). The van der Waals surface area contributed by atoms with E-state index in [0.717, 1.165) is 13.0 Å². The lowest BCUT2D eigenvalue weighted by molar-refractivity contribution is 0.462. The van der Waals surface area contributed by atoms with Crippen molar-refractivity contribution in [3.8, 4) is 0 Å². The normalized spacial score (nSPS) is 16.3. The van der Waals surface area contributed by atoms with E-state index in [4.69, 9.17) is 0 Å². The molecule has 16 heavy (non-hydrogen) atoms. The number of hydrogen-bond donors (Lipinski definition) is 0. The maximum absolute atomic E-state index is 2.53. The largest absolute Gasteiger partial charge is 0.339 e. The molecule has 0 bridgehead atoms. The van der Waals surface area contributed by atoms with Crippen LogP contribution in [0.3, 0.4) is 0 Å². The van der Waals surface area contributed by atoms with Crippen LogP contribution in [0.5, 0.6) is 0 Å². The molecule has 0 spiro atoms. The Kier molecular flexibility index (Phi) is 5.47. The summed E-state index contributed by atoms with van der Waals surface area (Å²) in [6.45, 7) is 12.5. The minimum Gasteiger partial charge on any atom is -0.339 e. The molecule has 1 aliphatic rings. The lowest BCUT2D eigenvalue weighted by Gasteiger charge is -2.23. The molecule has 1 heterocycles. The Morgan fingerprint density at radius 2 is 1.62 bits per heavy atom. The van der Waals surface area contributed by atoms with E-state index in [9.17, 15) is 0 Å². The van der Waals surface area contributed by atoms with Gasteiger partial charge in [-0.2, -0.15) is 0 Å². The summed E-state index contributed by atoms with van der Waals surface area (Å²) in [7, 11) is 0. The van der Waals surface area contributed by atoms with E-state index in [1.807, 2.05) is 11.8 Å². The van der Waals surface area contributed by atoms with Gasteiger partial charge in [0.2, 0.25) is 0 Å². The quantitative estimate of drug-likeness (QED) is 0.655. The number of allylic oxidation sites excluding steroid dienone is 3. The van der Waals surface area contributed by atoms with Crippen molar-refractivity contribution in [2.45, 2.75) is 60.3 Å². The molecule has 0 aromatic rings. The van der Waals surface area contributed by atoms with Gasteiger partial charge in [-0.25, -0.2) is 0 Å². The van der Waals surface area contributed by atoms with Crippen LogP contribution in [-0.2, 0) is 0 Å². The summed E-state index contributed by atoms with van der Waals surface area (Å²) in [5, 5.41) is 1.53. The van der Waals surface area contributed by atoms with E-state index in [1.165, 1.54) is 24.3 Å². The predicted molar refractivity (Wildman–Crippen MR) is 75.2 cm³/mol. The SMILES string of the molecule is CCC(CC)=C1SC(CC)=C(CC)N1CC. The molecule has 2 heteroatoms. The Bertz CT molecular complexity index is 293. The molecule has 0 fully saturated rings. The molecular weight excluding hydrogens is 214 g/mol. The fraction of sp³-hybridized carbons (Fsp3) is 0.714. The summed E-state index contributed by atoms with van der Waals surface area (Å²) in [5.74, 6) is 0. The lowest BCUT2D eigenvalue weighted by Crippen LogP contribution is -2.18. The molecule has 0 aliphatic carbocycles. The van der Waals surface area contributed by atoms with Crippen LogP contribution >= 0.6 is 11.8 Å². The molecule has 1 nitrogen and oxygen atoms in total. The zero-order chi connectivity index (χ0) is 12.1. The van der Waals surface area contributed by atoms with Gasteiger partial charge in [0.1, 0.15) is 0 Å². The summed E-state index contributed by atoms with van der Waals surface area (Å²) in [4.78, 5) is 4.12. The highest BCUT2D eigenvalue weighted by Crippen LogP contribution is 2.45. The summed E-state index contributed by atoms with van der Waals surface area (Å²) in [5.41, 5.74) is 3.17. The minimum atomic E-state index is 1.11. The van der Waals surface area contributed by atoms with Crippen molar-refractivity contribution in [3.63, 3.8) is 0 Å². The average Bonchev–Trinajstić information content (AvgIpc) is 2.68. The fourth-order valence-corrected chi connectivity index (χ4v) is 3.85. The monoisotopic (exact) mass is 239 g/mol. The molecule has 1 aliphatic heterocycles. The van der Waals surface area contributed by atoms with Crippen LogP contribution < -0.4 is 0 Å². The molecule has 0 saturated heterocycles. The van der Waals surface area contributed by atoms with Gasteiger partial charge in [0.25, 0.3) is 0 Å². The van der Waals surface area contributed by atoms with Gasteiger partial charge >= 0.3 is 0 Å². The van der Waals surface area contributed by atoms with Crippen molar-refractivity contribution >= 4 is 11.8 Å². The third-order valence-electron chi connectivity index (χ3n) is 3.24. The van der Waals surface area contributed by atoms with Crippen molar-refractivity contribution < 1.29 is 0 Å². The average molecular weight is 239 g/mol. The van der Waals surface area contributed by atoms with Crippen LogP contribution in [-0.4, -0.2) is 11.4 Å². The Hall–Kier alpha value is -0.370. The first kappa shape index (κ1) is 13.7. The number of nitrogens with zero attached hydrogens (tertiary/aromatic N) is 1. The van der Waals surface area contributed by atoms with Crippen LogP contribution in [0.1, 0.15) is 60.3 Å². The van der Waals surface area contributed by atoms with Gasteiger partial charge in [-0.05, 0) is 38.2 Å². The van der Waals surface area contributed by atoms with Gasteiger partial charge in [0.15, 0.2) is 0 Å². The highest BCUT2D eigenvalue weighted by atomic mass is 32.2. The summed E-state index contributed by atoms with van der Waals surface area (Å²) in [6, 6.07) is 0. The Morgan fingerprint density at radius 1 is 1.00 bits per heavy atom. The van der Waals surface area contributed by atoms with Gasteiger partial charge in [0, 0.05) is 17.1 Å². The fourth-order valence-electron chi connectivity index (χ4n) is 2.32. The second-order valence-corrected chi connectivity index (χ2v) is 5.12. The van der Waals surface area contributed by atoms with Crippen molar-refractivity contribution in [2.75, 3.05) is 6.54 Å². The highest BCUT2D eigenvalue weighted by molar-refractivity contribution is 8.07. The second-order valence-electron chi connectivity index (χ2n) is 4.04. The zero-order valence-corrected chi connectivity index (χ0v) is 12.2. The summed E-state index contributed by atoms with van der Waals surface area (Å²) in [6.07, 6.45) is 4.70. The molecule has 0 atom stereocenters. The number of hydrogen-bond acceptors (Lipinski definition) is 2. The maximum atomic E-state index is 2.53. The van der Waals surface area contributed by atoms with Gasteiger partial charge in [-0.3, -0.25) is 0 Å². The van der Waals surface area contributed by atoms with Crippen LogP contribution in [0.4, 0.5) is 0 Å². The van der Waals surface area contributed by atoms with Crippen LogP contribution in [0.25, 0.3) is 0 Å². The molecule has 0 unspecified atom stereocenters. The summed E-state index contributed by atoms with van der Waals surface area (Å²) < 4.78 is 0. The van der Waals surface area contributed by atoms with E-state index in [2.05, 4.69) is 39.5 Å². The van der Waals surface area contributed by atoms with E-state index in [-0.39, 0.29) is 0 Å². The Labute approximate surface area is 105 Å². The first-order valence-electron chi connectivity index (χ1n) is 6.62. The van der Waals surface area contributed by atoms with Crippen molar-refractivity contribution in [1.82, 2.24) is 4.90 Å². The third-order valence-corrected chi connectivity index (χ3v) is 4.71. The minimum absolute atomic E-state index is 1.11. The van der Waals surface area contributed by atoms with E-state index >= 15 is 0 Å². The Morgan fingerprint density at radius 3 is 2.00 bits per heavy atom. The third kappa shape index (κ3) is 2.48. The topological polar surface area (TPSA) is 3.24 Å². The first-order valence-corrected chi connectivity index (χ1v) is 7.44. The maximum Gasteiger partial charge on any atom is 0.0787 e.